The molecule has 1 amide bonds. The Morgan fingerprint density at radius 3 is 2.38 bits per heavy atom. The van der Waals surface area contributed by atoms with E-state index in [0.717, 1.165) is 0 Å². The highest BCUT2D eigenvalue weighted by molar-refractivity contribution is 5.66. The van der Waals surface area contributed by atoms with Crippen molar-refractivity contribution in [1.82, 2.24) is 4.98 Å². The van der Waals surface area contributed by atoms with Crippen LogP contribution in [0.5, 0.6) is 5.75 Å². The highest BCUT2D eigenvalue weighted by Gasteiger charge is 2.12. The molecule has 0 unspecified atom stereocenters. The molecule has 1 aromatic rings. The topological polar surface area (TPSA) is 138 Å². The lowest BCUT2D eigenvalue weighted by molar-refractivity contribution is -0.137. The second kappa shape index (κ2) is 8.62. The number of ether oxygens (including phenoxy) is 2. The normalized spacial score (nSPS) is 10.0. The summed E-state index contributed by atoms with van der Waals surface area (Å²) in [4.78, 5) is 23.9. The standard InChI is InChI=1S/C8H10N2O3.C5H11NO2/c9-6-5-10-3-1-7(6)13-4-2-8(11)12;1-5(2,3)8-4(6)7/h1,3,5H,2,4,9H2,(H,11,12);1-3H3,(H2,6,7). The fourth-order valence-electron chi connectivity index (χ4n) is 1.08. The lowest BCUT2D eigenvalue weighted by Gasteiger charge is -2.16. The average molecular weight is 299 g/mol. The lowest BCUT2D eigenvalue weighted by atomic mass is 10.2. The first-order valence-electron chi connectivity index (χ1n) is 6.14. The van der Waals surface area contributed by atoms with Crippen molar-refractivity contribution in [1.29, 1.82) is 0 Å². The molecule has 118 valence electrons. The summed E-state index contributed by atoms with van der Waals surface area (Å²) >= 11 is 0. The number of carbonyl (C=O) groups is 2. The number of nitrogens with two attached hydrogens (primary N) is 2. The maximum Gasteiger partial charge on any atom is 0.405 e. The fourth-order valence-corrected chi connectivity index (χ4v) is 1.08. The summed E-state index contributed by atoms with van der Waals surface area (Å²) < 4.78 is 9.68. The molecule has 5 N–H and O–H groups in total. The third-order valence-electron chi connectivity index (χ3n) is 1.79. The van der Waals surface area contributed by atoms with Gasteiger partial charge in [-0.1, -0.05) is 0 Å². The molecule has 0 fully saturated rings. The van der Waals surface area contributed by atoms with E-state index in [1.165, 1.54) is 12.4 Å². The monoisotopic (exact) mass is 299 g/mol. The molecule has 1 rings (SSSR count). The Morgan fingerprint density at radius 1 is 1.38 bits per heavy atom. The van der Waals surface area contributed by atoms with Crippen LogP contribution < -0.4 is 16.2 Å². The van der Waals surface area contributed by atoms with E-state index in [-0.39, 0.29) is 13.0 Å². The third kappa shape index (κ3) is 11.0. The van der Waals surface area contributed by atoms with Crippen molar-refractivity contribution >= 4 is 17.7 Å². The van der Waals surface area contributed by atoms with Gasteiger partial charge in [0.05, 0.1) is 24.9 Å². The number of rotatable bonds is 4. The molecule has 0 radical (unpaired) electrons. The SMILES string of the molecule is CC(C)(C)OC(N)=O.Nc1cnccc1OCCC(=O)O. The van der Waals surface area contributed by atoms with E-state index in [9.17, 15) is 9.59 Å². The number of carboxylic acids is 1. The number of primary amides is 1. The average Bonchev–Trinajstić information content (AvgIpc) is 2.28. The minimum Gasteiger partial charge on any atom is -0.491 e. The van der Waals surface area contributed by atoms with E-state index in [0.29, 0.717) is 11.4 Å². The van der Waals surface area contributed by atoms with Gasteiger partial charge in [-0.2, -0.15) is 0 Å². The van der Waals surface area contributed by atoms with Crippen LogP contribution in [0.2, 0.25) is 0 Å². The van der Waals surface area contributed by atoms with E-state index in [2.05, 4.69) is 9.72 Å². The molecular formula is C13H21N3O5. The van der Waals surface area contributed by atoms with Crippen LogP contribution >= 0.6 is 0 Å². The zero-order valence-corrected chi connectivity index (χ0v) is 12.3. The maximum absolute atomic E-state index is 10.2. The Bertz CT molecular complexity index is 471. The Labute approximate surface area is 123 Å². The first-order chi connectivity index (χ1) is 9.61. The van der Waals surface area contributed by atoms with Gasteiger partial charge in [-0.25, -0.2) is 4.79 Å². The number of pyridine rings is 1. The number of aromatic nitrogens is 1. The summed E-state index contributed by atoms with van der Waals surface area (Å²) in [5.41, 5.74) is 10.2. The highest BCUT2D eigenvalue weighted by Crippen LogP contribution is 2.18. The van der Waals surface area contributed by atoms with Crippen molar-refractivity contribution in [3.05, 3.63) is 18.5 Å². The Hall–Kier alpha value is -2.51. The Morgan fingerprint density at radius 2 is 2.00 bits per heavy atom. The van der Waals surface area contributed by atoms with Gasteiger partial charge in [0, 0.05) is 12.3 Å². The van der Waals surface area contributed by atoms with Crippen molar-refractivity contribution < 1.29 is 24.2 Å². The van der Waals surface area contributed by atoms with Gasteiger partial charge >= 0.3 is 12.1 Å². The Kier molecular flexibility index (Phi) is 7.59. The van der Waals surface area contributed by atoms with Crippen LogP contribution in [-0.2, 0) is 9.53 Å². The molecule has 8 heteroatoms. The second-order valence-electron chi connectivity index (χ2n) is 4.94. The van der Waals surface area contributed by atoms with E-state index in [4.69, 9.17) is 21.3 Å². The van der Waals surface area contributed by atoms with Gasteiger partial charge in [0.2, 0.25) is 0 Å². The highest BCUT2D eigenvalue weighted by atomic mass is 16.6. The number of nitrogens with zero attached hydrogens (tertiary/aromatic N) is 1. The minimum absolute atomic E-state index is 0.0399. The van der Waals surface area contributed by atoms with Crippen LogP contribution in [0.3, 0.4) is 0 Å². The van der Waals surface area contributed by atoms with Crippen LogP contribution in [0.1, 0.15) is 27.2 Å². The van der Waals surface area contributed by atoms with E-state index in [1.807, 2.05) is 0 Å². The quantitative estimate of drug-likeness (QED) is 0.763. The first kappa shape index (κ1) is 18.5. The molecule has 0 aromatic carbocycles. The fraction of sp³-hybridized carbons (Fsp3) is 0.462. The summed E-state index contributed by atoms with van der Waals surface area (Å²) in [5, 5.41) is 8.34. The molecule has 21 heavy (non-hydrogen) atoms. The smallest absolute Gasteiger partial charge is 0.405 e. The number of hydrogen-bond donors (Lipinski definition) is 3. The number of anilines is 1. The Balaban J connectivity index is 0.000000433. The largest absolute Gasteiger partial charge is 0.491 e. The van der Waals surface area contributed by atoms with Crippen LogP contribution in [0.15, 0.2) is 18.5 Å². The van der Waals surface area contributed by atoms with Gasteiger partial charge in [0.15, 0.2) is 0 Å². The molecule has 0 aliphatic heterocycles. The molecule has 0 saturated heterocycles. The molecule has 1 aromatic heterocycles. The number of hydrogen-bond acceptors (Lipinski definition) is 6. The number of carbonyl (C=O) groups excluding carboxylic acids is 1. The number of amides is 1. The van der Waals surface area contributed by atoms with Gasteiger partial charge in [-0.15, -0.1) is 0 Å². The lowest BCUT2D eigenvalue weighted by Crippen LogP contribution is -2.27. The summed E-state index contributed by atoms with van der Waals surface area (Å²) in [5.74, 6) is -0.427. The predicted molar refractivity (Wildman–Crippen MR) is 76.8 cm³/mol. The van der Waals surface area contributed by atoms with Crippen molar-refractivity contribution in [3.63, 3.8) is 0 Å². The zero-order valence-electron chi connectivity index (χ0n) is 12.3. The molecule has 0 aliphatic carbocycles. The molecule has 0 atom stereocenters. The maximum atomic E-state index is 10.2. The van der Waals surface area contributed by atoms with Crippen molar-refractivity contribution in [2.24, 2.45) is 5.73 Å². The van der Waals surface area contributed by atoms with Crippen LogP contribution in [0, 0.1) is 0 Å². The van der Waals surface area contributed by atoms with Gasteiger partial charge < -0.3 is 26.0 Å². The molecule has 1 heterocycles. The molecular weight excluding hydrogens is 278 g/mol. The van der Waals surface area contributed by atoms with E-state index >= 15 is 0 Å². The number of carboxylic acid groups (broad SMARTS) is 1. The molecule has 0 bridgehead atoms. The molecule has 8 nitrogen and oxygen atoms in total. The van der Waals surface area contributed by atoms with Crippen LogP contribution in [0.25, 0.3) is 0 Å². The van der Waals surface area contributed by atoms with Gasteiger partial charge in [0.1, 0.15) is 11.4 Å². The zero-order chi connectivity index (χ0) is 16.5. The third-order valence-corrected chi connectivity index (χ3v) is 1.79. The van der Waals surface area contributed by atoms with Crippen LogP contribution in [-0.4, -0.2) is 34.4 Å². The number of aliphatic carboxylic acids is 1. The molecule has 0 saturated carbocycles. The van der Waals surface area contributed by atoms with Gasteiger partial charge in [-0.3, -0.25) is 9.78 Å². The first-order valence-corrected chi connectivity index (χ1v) is 6.14. The molecule has 0 aliphatic rings. The molecule has 0 spiro atoms. The summed E-state index contributed by atoms with van der Waals surface area (Å²) in [6.45, 7) is 5.40. The van der Waals surface area contributed by atoms with E-state index in [1.54, 1.807) is 26.8 Å². The van der Waals surface area contributed by atoms with Crippen LogP contribution in [0.4, 0.5) is 10.5 Å². The minimum atomic E-state index is -0.896. The van der Waals surface area contributed by atoms with Gasteiger partial charge in [0.25, 0.3) is 0 Å². The van der Waals surface area contributed by atoms with E-state index < -0.39 is 17.7 Å². The summed E-state index contributed by atoms with van der Waals surface area (Å²) in [6.07, 6.45) is 2.22. The predicted octanol–water partition coefficient (Wildman–Crippen LogP) is 1.40. The second-order valence-corrected chi connectivity index (χ2v) is 4.94. The van der Waals surface area contributed by atoms with Crippen molar-refractivity contribution in [2.75, 3.05) is 12.3 Å². The summed E-state index contributed by atoms with van der Waals surface area (Å²) in [7, 11) is 0. The van der Waals surface area contributed by atoms with Gasteiger partial charge in [-0.05, 0) is 20.8 Å². The van der Waals surface area contributed by atoms with Crippen molar-refractivity contribution in [2.45, 2.75) is 32.8 Å². The summed E-state index contributed by atoms with van der Waals surface area (Å²) in [6, 6.07) is 1.59. The van der Waals surface area contributed by atoms with Crippen molar-refractivity contribution in [3.8, 4) is 5.75 Å². The number of nitrogen functional groups attached to an aromatic ring is 1.